The van der Waals surface area contributed by atoms with Gasteiger partial charge in [-0.25, -0.2) is 4.39 Å². The van der Waals surface area contributed by atoms with Gasteiger partial charge < -0.3 is 15.2 Å². The lowest BCUT2D eigenvalue weighted by atomic mass is 9.98. The van der Waals surface area contributed by atoms with E-state index in [0.717, 1.165) is 12.3 Å². The average Bonchev–Trinajstić information content (AvgIpc) is 2.76. The normalized spacial score (nSPS) is 27.5. The molecule has 1 saturated carbocycles. The number of aliphatic hydroxyl groups excluding tert-OH is 1. The Morgan fingerprint density at radius 1 is 1.35 bits per heavy atom. The van der Waals surface area contributed by atoms with Crippen molar-refractivity contribution in [3.8, 4) is 5.75 Å². The molecule has 0 heterocycles. The van der Waals surface area contributed by atoms with Gasteiger partial charge in [-0.05, 0) is 36.8 Å². The molecule has 2 rings (SSSR count). The topological polar surface area (TPSA) is 41.5 Å². The first-order valence-corrected chi connectivity index (χ1v) is 7.36. The summed E-state index contributed by atoms with van der Waals surface area (Å²) in [5.74, 6) is 1.16. The van der Waals surface area contributed by atoms with Crippen LogP contribution in [0.3, 0.4) is 0 Å². The Bertz CT molecular complexity index is 427. The number of hydrogen-bond donors (Lipinski definition) is 2. The largest absolute Gasteiger partial charge is 0.488 e. The molecule has 2 N–H and O–H groups in total. The van der Waals surface area contributed by atoms with Crippen LogP contribution in [0.4, 0.5) is 4.39 Å². The summed E-state index contributed by atoms with van der Waals surface area (Å²) in [5.41, 5.74) is 0. The van der Waals surface area contributed by atoms with Crippen molar-refractivity contribution in [2.24, 2.45) is 11.8 Å². The van der Waals surface area contributed by atoms with Gasteiger partial charge in [0.25, 0.3) is 0 Å². The van der Waals surface area contributed by atoms with Gasteiger partial charge in [0.1, 0.15) is 12.7 Å². The number of ether oxygens (including phenoxy) is 1. The average molecular weight is 281 g/mol. The van der Waals surface area contributed by atoms with Gasteiger partial charge in [-0.3, -0.25) is 0 Å². The van der Waals surface area contributed by atoms with Crippen molar-refractivity contribution in [1.82, 2.24) is 5.32 Å². The Morgan fingerprint density at radius 2 is 2.10 bits per heavy atom. The van der Waals surface area contributed by atoms with Gasteiger partial charge in [0.2, 0.25) is 0 Å². The van der Waals surface area contributed by atoms with Crippen molar-refractivity contribution >= 4 is 0 Å². The number of para-hydroxylation sites is 1. The van der Waals surface area contributed by atoms with Crippen molar-refractivity contribution < 1.29 is 14.2 Å². The molecule has 0 aromatic heterocycles. The zero-order valence-electron chi connectivity index (χ0n) is 12.2. The maximum atomic E-state index is 13.3. The van der Waals surface area contributed by atoms with Crippen LogP contribution in [-0.4, -0.2) is 30.4 Å². The molecule has 1 aromatic rings. The summed E-state index contributed by atoms with van der Waals surface area (Å²) in [4.78, 5) is 0. The second-order valence-electron chi connectivity index (χ2n) is 5.82. The van der Waals surface area contributed by atoms with Crippen LogP contribution >= 0.6 is 0 Å². The fraction of sp³-hybridized carbons (Fsp3) is 0.625. The highest BCUT2D eigenvalue weighted by atomic mass is 19.1. The second-order valence-corrected chi connectivity index (χ2v) is 5.82. The van der Waals surface area contributed by atoms with E-state index in [1.54, 1.807) is 18.2 Å². The highest BCUT2D eigenvalue weighted by molar-refractivity contribution is 5.23. The molecule has 0 radical (unpaired) electrons. The number of aliphatic hydroxyl groups is 1. The lowest BCUT2D eigenvalue weighted by Crippen LogP contribution is -2.39. The van der Waals surface area contributed by atoms with Crippen LogP contribution in [0.25, 0.3) is 0 Å². The van der Waals surface area contributed by atoms with Crippen LogP contribution in [0.15, 0.2) is 24.3 Å². The lowest BCUT2D eigenvalue weighted by molar-refractivity contribution is 0.0996. The molecule has 1 aromatic carbocycles. The fourth-order valence-electron chi connectivity index (χ4n) is 2.75. The van der Waals surface area contributed by atoms with Gasteiger partial charge in [0.05, 0.1) is 0 Å². The number of benzene rings is 1. The van der Waals surface area contributed by atoms with Gasteiger partial charge in [-0.1, -0.05) is 26.0 Å². The predicted octanol–water partition coefficient (Wildman–Crippen LogP) is 2.59. The molecule has 0 aliphatic heterocycles. The fourth-order valence-corrected chi connectivity index (χ4v) is 2.75. The standard InChI is InChI=1S/C16H24FNO2/c1-11-7-8-15(12(11)2)18-9-13(19)10-20-16-6-4-3-5-14(16)17/h3-6,11-13,15,18-19H,7-10H2,1-2H3. The van der Waals surface area contributed by atoms with Crippen molar-refractivity contribution in [2.45, 2.75) is 38.8 Å². The molecule has 20 heavy (non-hydrogen) atoms. The number of rotatable bonds is 6. The Morgan fingerprint density at radius 3 is 2.75 bits per heavy atom. The summed E-state index contributed by atoms with van der Waals surface area (Å²) in [6, 6.07) is 6.71. The van der Waals surface area contributed by atoms with Crippen LogP contribution in [-0.2, 0) is 0 Å². The van der Waals surface area contributed by atoms with Gasteiger partial charge in [-0.15, -0.1) is 0 Å². The van der Waals surface area contributed by atoms with Crippen molar-refractivity contribution in [2.75, 3.05) is 13.2 Å². The minimum Gasteiger partial charge on any atom is -0.488 e. The summed E-state index contributed by atoms with van der Waals surface area (Å²) in [6.07, 6.45) is 1.77. The molecule has 0 spiro atoms. The molecule has 0 bridgehead atoms. The quantitative estimate of drug-likeness (QED) is 0.842. The highest BCUT2D eigenvalue weighted by Crippen LogP contribution is 2.30. The van der Waals surface area contributed by atoms with E-state index in [4.69, 9.17) is 4.74 Å². The monoisotopic (exact) mass is 281 g/mol. The second kappa shape index (κ2) is 7.04. The minimum absolute atomic E-state index is 0.102. The zero-order chi connectivity index (χ0) is 14.5. The molecule has 4 heteroatoms. The van der Waals surface area contributed by atoms with E-state index in [1.165, 1.54) is 12.5 Å². The Balaban J connectivity index is 1.71. The summed E-state index contributed by atoms with van der Waals surface area (Å²) >= 11 is 0. The number of nitrogens with one attached hydrogen (secondary N) is 1. The molecule has 3 nitrogen and oxygen atoms in total. The molecule has 112 valence electrons. The molecule has 0 amide bonds. The summed E-state index contributed by atoms with van der Waals surface area (Å²) in [5, 5.41) is 13.3. The van der Waals surface area contributed by atoms with Crippen molar-refractivity contribution in [3.05, 3.63) is 30.1 Å². The first-order chi connectivity index (χ1) is 9.58. The summed E-state index contributed by atoms with van der Waals surface area (Å²) in [7, 11) is 0. The first-order valence-electron chi connectivity index (χ1n) is 7.36. The molecule has 4 atom stereocenters. The van der Waals surface area contributed by atoms with Gasteiger partial charge in [0, 0.05) is 12.6 Å². The number of halogens is 1. The van der Waals surface area contributed by atoms with Gasteiger partial charge in [0.15, 0.2) is 11.6 Å². The van der Waals surface area contributed by atoms with Crippen molar-refractivity contribution in [3.63, 3.8) is 0 Å². The van der Waals surface area contributed by atoms with E-state index in [0.29, 0.717) is 18.5 Å². The van der Waals surface area contributed by atoms with Crippen LogP contribution in [0.5, 0.6) is 5.75 Å². The Kier molecular flexibility index (Phi) is 5.38. The van der Waals surface area contributed by atoms with E-state index in [-0.39, 0.29) is 12.4 Å². The molecule has 4 unspecified atom stereocenters. The van der Waals surface area contributed by atoms with E-state index in [1.807, 2.05) is 0 Å². The zero-order valence-corrected chi connectivity index (χ0v) is 12.2. The number of hydrogen-bond acceptors (Lipinski definition) is 3. The maximum Gasteiger partial charge on any atom is 0.165 e. The third kappa shape index (κ3) is 3.93. The Hall–Kier alpha value is -1.13. The maximum absolute atomic E-state index is 13.3. The van der Waals surface area contributed by atoms with E-state index < -0.39 is 11.9 Å². The third-order valence-corrected chi connectivity index (χ3v) is 4.35. The SMILES string of the molecule is CC1CCC(NCC(O)COc2ccccc2F)C1C. The predicted molar refractivity (Wildman–Crippen MR) is 77.3 cm³/mol. The van der Waals surface area contributed by atoms with E-state index in [9.17, 15) is 9.50 Å². The molecule has 1 aliphatic carbocycles. The summed E-state index contributed by atoms with van der Waals surface area (Å²) < 4.78 is 18.6. The highest BCUT2D eigenvalue weighted by Gasteiger charge is 2.29. The molecular weight excluding hydrogens is 257 g/mol. The Labute approximate surface area is 120 Å². The molecular formula is C16H24FNO2. The van der Waals surface area contributed by atoms with Crippen molar-refractivity contribution in [1.29, 1.82) is 0 Å². The van der Waals surface area contributed by atoms with Gasteiger partial charge in [-0.2, -0.15) is 0 Å². The smallest absolute Gasteiger partial charge is 0.165 e. The van der Waals surface area contributed by atoms with Crippen LogP contribution < -0.4 is 10.1 Å². The third-order valence-electron chi connectivity index (χ3n) is 4.35. The molecule has 1 fully saturated rings. The van der Waals surface area contributed by atoms with E-state index in [2.05, 4.69) is 19.2 Å². The van der Waals surface area contributed by atoms with E-state index >= 15 is 0 Å². The first kappa shape index (κ1) is 15.3. The minimum atomic E-state index is -0.627. The molecule has 0 saturated heterocycles. The molecule has 1 aliphatic rings. The van der Waals surface area contributed by atoms with Crippen LogP contribution in [0, 0.1) is 17.7 Å². The van der Waals surface area contributed by atoms with Crippen LogP contribution in [0.1, 0.15) is 26.7 Å². The van der Waals surface area contributed by atoms with Crippen LogP contribution in [0.2, 0.25) is 0 Å². The summed E-state index contributed by atoms with van der Waals surface area (Å²) in [6.45, 7) is 5.10. The lowest BCUT2D eigenvalue weighted by Gasteiger charge is -2.21. The van der Waals surface area contributed by atoms with Gasteiger partial charge >= 0.3 is 0 Å².